The maximum absolute atomic E-state index is 13.0. The Morgan fingerprint density at radius 3 is 2.24 bits per heavy atom. The van der Waals surface area contributed by atoms with E-state index in [1.54, 1.807) is 36.4 Å². The monoisotopic (exact) mass is 383 g/mol. The minimum absolute atomic E-state index is 0.210. The molecule has 0 atom stereocenters. The maximum Gasteiger partial charge on any atom is 0.279 e. The number of nitrogens with one attached hydrogen (secondary N) is 1. The van der Waals surface area contributed by atoms with Gasteiger partial charge >= 0.3 is 0 Å². The van der Waals surface area contributed by atoms with E-state index in [0.29, 0.717) is 22.1 Å². The molecule has 0 spiro atoms. The molecule has 4 aromatic rings. The highest BCUT2D eigenvalue weighted by molar-refractivity contribution is 6.11. The van der Waals surface area contributed by atoms with Crippen molar-refractivity contribution in [2.75, 3.05) is 5.32 Å². The van der Waals surface area contributed by atoms with Crippen LogP contribution in [0.15, 0.2) is 83.7 Å². The lowest BCUT2D eigenvalue weighted by Gasteiger charge is -2.11. The quantitative estimate of drug-likeness (QED) is 0.548. The first-order valence-electron chi connectivity index (χ1n) is 9.65. The molecule has 4 rings (SSSR count). The van der Waals surface area contributed by atoms with E-state index in [1.165, 1.54) is 10.2 Å². The number of carbonyl (C=O) groups is 1. The van der Waals surface area contributed by atoms with E-state index < -0.39 is 0 Å². The van der Waals surface area contributed by atoms with Crippen LogP contribution >= 0.6 is 0 Å². The summed E-state index contributed by atoms with van der Waals surface area (Å²) in [5.41, 5.74) is 2.49. The molecule has 0 aliphatic rings. The van der Waals surface area contributed by atoms with Crippen molar-refractivity contribution in [2.24, 2.45) is 0 Å². The average Bonchev–Trinajstić information content (AvgIpc) is 2.76. The van der Waals surface area contributed by atoms with Crippen molar-refractivity contribution in [1.29, 1.82) is 0 Å². The standard InChI is InChI=1S/C24H21N3O2/c1-2-8-17-13-15-18(16-14-17)25-23(28)22-20-11-6-7-12-21(20)24(29)27(26-22)19-9-4-3-5-10-19/h3-7,9-16H,2,8H2,1H3,(H,25,28). The molecule has 1 N–H and O–H groups in total. The lowest BCUT2D eigenvalue weighted by molar-refractivity contribution is 0.102. The molecule has 0 fully saturated rings. The van der Waals surface area contributed by atoms with Gasteiger partial charge in [0, 0.05) is 11.1 Å². The molecular formula is C24H21N3O2. The zero-order valence-corrected chi connectivity index (χ0v) is 16.1. The molecule has 5 nitrogen and oxygen atoms in total. The first kappa shape index (κ1) is 18.6. The van der Waals surface area contributed by atoms with E-state index in [2.05, 4.69) is 17.3 Å². The molecule has 5 heteroatoms. The van der Waals surface area contributed by atoms with Gasteiger partial charge in [-0.25, -0.2) is 0 Å². The normalized spacial score (nSPS) is 10.8. The second-order valence-corrected chi connectivity index (χ2v) is 6.85. The number of para-hydroxylation sites is 1. The summed E-state index contributed by atoms with van der Waals surface area (Å²) in [6.45, 7) is 2.13. The number of hydrogen-bond acceptors (Lipinski definition) is 3. The summed E-state index contributed by atoms with van der Waals surface area (Å²) in [5, 5.41) is 8.29. The molecule has 29 heavy (non-hydrogen) atoms. The Kier molecular flexibility index (Phi) is 5.20. The Balaban J connectivity index is 1.77. The molecule has 0 aliphatic carbocycles. The van der Waals surface area contributed by atoms with Gasteiger partial charge < -0.3 is 5.32 Å². The fourth-order valence-electron chi connectivity index (χ4n) is 3.34. The zero-order valence-electron chi connectivity index (χ0n) is 16.1. The summed E-state index contributed by atoms with van der Waals surface area (Å²) in [7, 11) is 0. The van der Waals surface area contributed by atoms with E-state index in [-0.39, 0.29) is 17.2 Å². The van der Waals surface area contributed by atoms with Gasteiger partial charge in [0.1, 0.15) is 0 Å². The van der Waals surface area contributed by atoms with Crippen molar-refractivity contribution in [2.45, 2.75) is 19.8 Å². The van der Waals surface area contributed by atoms with Crippen LogP contribution in [0.3, 0.4) is 0 Å². The summed E-state index contributed by atoms with van der Waals surface area (Å²) >= 11 is 0. The Bertz CT molecular complexity index is 1210. The summed E-state index contributed by atoms with van der Waals surface area (Å²) in [5.74, 6) is -0.353. The molecule has 144 valence electrons. The summed E-state index contributed by atoms with van der Waals surface area (Å²) in [4.78, 5) is 26.0. The second-order valence-electron chi connectivity index (χ2n) is 6.85. The van der Waals surface area contributed by atoms with Crippen LogP contribution in [0.4, 0.5) is 5.69 Å². The van der Waals surface area contributed by atoms with Crippen LogP contribution in [0.5, 0.6) is 0 Å². The van der Waals surface area contributed by atoms with Gasteiger partial charge in [-0.05, 0) is 42.3 Å². The predicted molar refractivity (Wildman–Crippen MR) is 116 cm³/mol. The van der Waals surface area contributed by atoms with Crippen LogP contribution in [-0.2, 0) is 6.42 Å². The first-order valence-corrected chi connectivity index (χ1v) is 9.65. The SMILES string of the molecule is CCCc1ccc(NC(=O)c2nn(-c3ccccc3)c(=O)c3ccccc23)cc1. The fraction of sp³-hybridized carbons (Fsp3) is 0.125. The maximum atomic E-state index is 13.0. The van der Waals surface area contributed by atoms with Crippen LogP contribution in [0.1, 0.15) is 29.4 Å². The average molecular weight is 383 g/mol. The van der Waals surface area contributed by atoms with Crippen molar-refractivity contribution in [3.63, 3.8) is 0 Å². The third-order valence-electron chi connectivity index (χ3n) is 4.77. The zero-order chi connectivity index (χ0) is 20.2. The molecule has 0 aliphatic heterocycles. The number of rotatable bonds is 5. The van der Waals surface area contributed by atoms with Crippen molar-refractivity contribution in [1.82, 2.24) is 9.78 Å². The highest BCUT2D eigenvalue weighted by Gasteiger charge is 2.17. The Hall–Kier alpha value is -3.73. The summed E-state index contributed by atoms with van der Waals surface area (Å²) < 4.78 is 1.28. The lowest BCUT2D eigenvalue weighted by Crippen LogP contribution is -2.26. The molecule has 0 radical (unpaired) electrons. The van der Waals surface area contributed by atoms with Crippen molar-refractivity contribution >= 4 is 22.4 Å². The smallest absolute Gasteiger partial charge is 0.279 e. The minimum Gasteiger partial charge on any atom is -0.321 e. The number of anilines is 1. The van der Waals surface area contributed by atoms with Crippen LogP contribution in [0, 0.1) is 0 Å². The van der Waals surface area contributed by atoms with Gasteiger partial charge in [-0.3, -0.25) is 9.59 Å². The predicted octanol–water partition coefficient (Wildman–Crippen LogP) is 4.59. The number of benzene rings is 3. The number of nitrogens with zero attached hydrogens (tertiary/aromatic N) is 2. The number of carbonyl (C=O) groups excluding carboxylic acids is 1. The first-order chi connectivity index (χ1) is 14.2. The molecule has 1 amide bonds. The minimum atomic E-state index is -0.353. The Labute approximate surface area is 168 Å². The molecule has 0 unspecified atom stereocenters. The summed E-state index contributed by atoms with van der Waals surface area (Å²) in [6, 6.07) is 23.9. The second kappa shape index (κ2) is 8.10. The van der Waals surface area contributed by atoms with Crippen LogP contribution in [0.2, 0.25) is 0 Å². The van der Waals surface area contributed by atoms with Gasteiger partial charge in [-0.1, -0.05) is 61.9 Å². The third-order valence-corrected chi connectivity index (χ3v) is 4.77. The van der Waals surface area contributed by atoms with E-state index in [0.717, 1.165) is 12.8 Å². The van der Waals surface area contributed by atoms with Crippen molar-refractivity contribution in [3.05, 3.63) is 100 Å². The fourth-order valence-corrected chi connectivity index (χ4v) is 3.34. The molecular weight excluding hydrogens is 362 g/mol. The molecule has 1 heterocycles. The van der Waals surface area contributed by atoms with Crippen molar-refractivity contribution < 1.29 is 4.79 Å². The number of amides is 1. The van der Waals surface area contributed by atoms with E-state index in [1.807, 2.05) is 42.5 Å². The lowest BCUT2D eigenvalue weighted by atomic mass is 10.1. The largest absolute Gasteiger partial charge is 0.321 e. The molecule has 0 saturated carbocycles. The van der Waals surface area contributed by atoms with E-state index in [9.17, 15) is 9.59 Å². The molecule has 1 aromatic heterocycles. The highest BCUT2D eigenvalue weighted by Crippen LogP contribution is 2.18. The molecule has 0 saturated heterocycles. The molecule has 0 bridgehead atoms. The third kappa shape index (κ3) is 3.80. The number of aryl methyl sites for hydroxylation is 1. The van der Waals surface area contributed by atoms with Gasteiger partial charge in [-0.15, -0.1) is 0 Å². The van der Waals surface area contributed by atoms with E-state index >= 15 is 0 Å². The number of fused-ring (bicyclic) bond motifs is 1. The number of hydrogen-bond donors (Lipinski definition) is 1. The van der Waals surface area contributed by atoms with E-state index in [4.69, 9.17) is 0 Å². The van der Waals surface area contributed by atoms with Crippen LogP contribution in [0.25, 0.3) is 16.5 Å². The van der Waals surface area contributed by atoms with Crippen LogP contribution in [-0.4, -0.2) is 15.7 Å². The van der Waals surface area contributed by atoms with Gasteiger partial charge in [0.25, 0.3) is 11.5 Å². The van der Waals surface area contributed by atoms with Gasteiger partial charge in [-0.2, -0.15) is 9.78 Å². The topological polar surface area (TPSA) is 64.0 Å². The van der Waals surface area contributed by atoms with Gasteiger partial charge in [0.2, 0.25) is 0 Å². The van der Waals surface area contributed by atoms with Gasteiger partial charge in [0.05, 0.1) is 11.1 Å². The number of aromatic nitrogens is 2. The van der Waals surface area contributed by atoms with Crippen LogP contribution < -0.4 is 10.9 Å². The Morgan fingerprint density at radius 1 is 0.897 bits per heavy atom. The Morgan fingerprint density at radius 2 is 1.55 bits per heavy atom. The van der Waals surface area contributed by atoms with Crippen molar-refractivity contribution in [3.8, 4) is 5.69 Å². The summed E-state index contributed by atoms with van der Waals surface area (Å²) in [6.07, 6.45) is 2.07. The molecule has 3 aromatic carbocycles. The van der Waals surface area contributed by atoms with Gasteiger partial charge in [0.15, 0.2) is 5.69 Å². The highest BCUT2D eigenvalue weighted by atomic mass is 16.2.